The zero-order valence-corrected chi connectivity index (χ0v) is 17.5. The predicted molar refractivity (Wildman–Crippen MR) is 112 cm³/mol. The van der Waals surface area contributed by atoms with Crippen molar-refractivity contribution in [2.75, 3.05) is 26.2 Å². The summed E-state index contributed by atoms with van der Waals surface area (Å²) in [7, 11) is 0. The first-order valence-electron chi connectivity index (χ1n) is 11.1. The summed E-state index contributed by atoms with van der Waals surface area (Å²) in [6.07, 6.45) is 12.1. The normalized spacial score (nSPS) is 23.7. The lowest BCUT2D eigenvalue weighted by Gasteiger charge is -2.41. The number of aryl methyl sites for hydroxylation is 2. The van der Waals surface area contributed by atoms with Gasteiger partial charge in [-0.15, -0.1) is 5.10 Å². The van der Waals surface area contributed by atoms with Gasteiger partial charge < -0.3 is 14.9 Å². The van der Waals surface area contributed by atoms with Crippen molar-refractivity contribution in [2.45, 2.75) is 57.9 Å². The van der Waals surface area contributed by atoms with E-state index in [0.29, 0.717) is 12.2 Å². The Hall–Kier alpha value is -2.35. The van der Waals surface area contributed by atoms with Crippen molar-refractivity contribution in [3.8, 4) is 5.88 Å². The van der Waals surface area contributed by atoms with E-state index in [1.54, 1.807) is 0 Å². The van der Waals surface area contributed by atoms with Crippen molar-refractivity contribution < 1.29 is 24.5 Å². The van der Waals surface area contributed by atoms with Crippen molar-refractivity contribution in [3.63, 3.8) is 0 Å². The highest BCUT2D eigenvalue weighted by atomic mass is 16.5. The maximum Gasteiger partial charge on any atom is 0.328 e. The molecule has 0 aromatic carbocycles. The number of piperidine rings is 1. The molecule has 1 saturated heterocycles. The molecule has 1 aromatic rings. The number of carboxylic acid groups (broad SMARTS) is 2. The average Bonchev–Trinajstić information content (AvgIpc) is 3.15. The van der Waals surface area contributed by atoms with Crippen molar-refractivity contribution >= 4 is 11.9 Å². The van der Waals surface area contributed by atoms with Gasteiger partial charge in [0.15, 0.2) is 0 Å². The number of carboxylic acids is 2. The first-order valence-corrected chi connectivity index (χ1v) is 11.1. The van der Waals surface area contributed by atoms with Crippen molar-refractivity contribution in [3.05, 3.63) is 23.9 Å². The minimum absolute atomic E-state index is 0.558. The molecule has 1 aromatic heterocycles. The fraction of sp³-hybridized carbons (Fsp3) is 0.682. The zero-order valence-electron chi connectivity index (χ0n) is 17.5. The van der Waals surface area contributed by atoms with Gasteiger partial charge in [-0.25, -0.2) is 9.59 Å². The Kier molecular flexibility index (Phi) is 8.30. The number of likely N-dealkylation sites (tertiary alicyclic amines) is 1. The molecule has 8 heteroatoms. The number of nitrogens with zero attached hydrogens (tertiary/aromatic N) is 3. The first-order chi connectivity index (χ1) is 14.5. The van der Waals surface area contributed by atoms with E-state index in [9.17, 15) is 9.59 Å². The number of aromatic nitrogens is 2. The Morgan fingerprint density at radius 1 is 1.03 bits per heavy atom. The van der Waals surface area contributed by atoms with Crippen molar-refractivity contribution in [1.82, 2.24) is 14.7 Å². The van der Waals surface area contributed by atoms with Crippen LogP contribution < -0.4 is 4.74 Å². The highest BCUT2D eigenvalue weighted by Gasteiger charge is 2.30. The Labute approximate surface area is 177 Å². The zero-order chi connectivity index (χ0) is 21.3. The third-order valence-electron chi connectivity index (χ3n) is 6.29. The van der Waals surface area contributed by atoms with E-state index in [0.717, 1.165) is 43.8 Å². The van der Waals surface area contributed by atoms with Crippen molar-refractivity contribution in [2.24, 2.45) is 11.8 Å². The topological polar surface area (TPSA) is 105 Å². The fourth-order valence-corrected chi connectivity index (χ4v) is 4.76. The highest BCUT2D eigenvalue weighted by Crippen LogP contribution is 2.35. The number of rotatable bonds is 6. The average molecular weight is 420 g/mol. The molecule has 2 atom stereocenters. The summed E-state index contributed by atoms with van der Waals surface area (Å²) in [4.78, 5) is 21.7. The van der Waals surface area contributed by atoms with Crippen LogP contribution in [0.15, 0.2) is 18.2 Å². The Bertz CT molecular complexity index is 706. The van der Waals surface area contributed by atoms with E-state index in [1.165, 1.54) is 63.7 Å². The smallest absolute Gasteiger partial charge is 0.328 e. The molecule has 166 valence electrons. The summed E-state index contributed by atoms with van der Waals surface area (Å²) in [5.41, 5.74) is 1.35. The molecule has 0 spiro atoms. The maximum atomic E-state index is 9.55. The monoisotopic (exact) mass is 419 g/mol. The third kappa shape index (κ3) is 6.86. The molecule has 8 nitrogen and oxygen atoms in total. The van der Waals surface area contributed by atoms with Gasteiger partial charge in [-0.3, -0.25) is 9.58 Å². The number of hydrogen-bond acceptors (Lipinski definition) is 5. The van der Waals surface area contributed by atoms with E-state index in [-0.39, 0.29) is 0 Å². The second-order valence-corrected chi connectivity index (χ2v) is 8.41. The molecule has 3 heterocycles. The molecule has 0 radical (unpaired) electrons. The molecule has 0 unspecified atom stereocenters. The minimum atomic E-state index is -1.26. The minimum Gasteiger partial charge on any atom is -0.478 e. The summed E-state index contributed by atoms with van der Waals surface area (Å²) in [6, 6.07) is 2.15. The molecular weight excluding hydrogens is 386 g/mol. The van der Waals surface area contributed by atoms with Gasteiger partial charge in [0.05, 0.1) is 0 Å². The van der Waals surface area contributed by atoms with Crippen LogP contribution >= 0.6 is 0 Å². The standard InChI is InChI=1S/C18H29N3O.C4H4O4/c1-2-6-16-14-20(10-8-15(16)5-1)11-12-22-18-13-17-7-3-4-9-21(17)19-18;5-3(6)1-2-4(7)8/h13,15-16H,1-12,14H2;1-2H,(H,5,6)(H,7,8)/t15-,16-;/m1./s1. The second kappa shape index (κ2) is 11.2. The quantitative estimate of drug-likeness (QED) is 0.683. The lowest BCUT2D eigenvalue weighted by molar-refractivity contribution is -0.134. The van der Waals surface area contributed by atoms with Gasteiger partial charge in [0.1, 0.15) is 6.61 Å². The van der Waals surface area contributed by atoms with E-state index in [4.69, 9.17) is 14.9 Å². The van der Waals surface area contributed by atoms with Gasteiger partial charge in [-0.1, -0.05) is 19.3 Å². The predicted octanol–water partition coefficient (Wildman–Crippen LogP) is 2.82. The number of aliphatic carboxylic acids is 2. The third-order valence-corrected chi connectivity index (χ3v) is 6.29. The number of carbonyl (C=O) groups is 2. The molecular formula is C22H33N3O5. The van der Waals surface area contributed by atoms with E-state index in [2.05, 4.69) is 20.7 Å². The summed E-state index contributed by atoms with van der Waals surface area (Å²) in [5.74, 6) is 0.303. The molecule has 0 amide bonds. The molecule has 2 aliphatic heterocycles. The summed E-state index contributed by atoms with van der Waals surface area (Å²) < 4.78 is 8.06. The summed E-state index contributed by atoms with van der Waals surface area (Å²) in [6.45, 7) is 5.48. The maximum absolute atomic E-state index is 9.55. The van der Waals surface area contributed by atoms with Crippen LogP contribution in [0.25, 0.3) is 0 Å². The van der Waals surface area contributed by atoms with Gasteiger partial charge >= 0.3 is 11.9 Å². The first kappa shape index (κ1) is 22.3. The van der Waals surface area contributed by atoms with Crippen molar-refractivity contribution in [1.29, 1.82) is 0 Å². The summed E-state index contributed by atoms with van der Waals surface area (Å²) in [5, 5.41) is 20.2. The molecule has 1 aliphatic carbocycles. The van der Waals surface area contributed by atoms with Crippen LogP contribution in [0.1, 0.15) is 50.6 Å². The van der Waals surface area contributed by atoms with Crippen LogP contribution in [-0.4, -0.2) is 63.1 Å². The van der Waals surface area contributed by atoms with Gasteiger partial charge in [0.2, 0.25) is 5.88 Å². The second-order valence-electron chi connectivity index (χ2n) is 8.41. The lowest BCUT2D eigenvalue weighted by atomic mass is 9.75. The molecule has 2 fully saturated rings. The Morgan fingerprint density at radius 3 is 2.47 bits per heavy atom. The van der Waals surface area contributed by atoms with Gasteiger partial charge in [-0.05, 0) is 50.5 Å². The van der Waals surface area contributed by atoms with Gasteiger partial charge in [0, 0.05) is 43.5 Å². The molecule has 30 heavy (non-hydrogen) atoms. The number of hydrogen-bond donors (Lipinski definition) is 2. The molecule has 4 rings (SSSR count). The Morgan fingerprint density at radius 2 is 1.77 bits per heavy atom. The number of ether oxygens (including phenoxy) is 1. The lowest BCUT2D eigenvalue weighted by Crippen LogP contribution is -2.43. The van der Waals surface area contributed by atoms with Crippen LogP contribution in [-0.2, 0) is 22.6 Å². The fourth-order valence-electron chi connectivity index (χ4n) is 4.76. The van der Waals surface area contributed by atoms with Crippen LogP contribution in [0.5, 0.6) is 5.88 Å². The van der Waals surface area contributed by atoms with E-state index >= 15 is 0 Å². The van der Waals surface area contributed by atoms with Crippen LogP contribution in [0, 0.1) is 11.8 Å². The molecule has 0 bridgehead atoms. The Balaban J connectivity index is 0.000000275. The van der Waals surface area contributed by atoms with Gasteiger partial charge in [-0.2, -0.15) is 0 Å². The molecule has 3 aliphatic rings. The van der Waals surface area contributed by atoms with Gasteiger partial charge in [0.25, 0.3) is 0 Å². The van der Waals surface area contributed by atoms with Crippen LogP contribution in [0.4, 0.5) is 0 Å². The molecule has 2 N–H and O–H groups in total. The largest absolute Gasteiger partial charge is 0.478 e. The number of fused-ring (bicyclic) bond motifs is 2. The molecule has 1 saturated carbocycles. The van der Waals surface area contributed by atoms with E-state index < -0.39 is 11.9 Å². The highest BCUT2D eigenvalue weighted by molar-refractivity contribution is 5.89. The SMILES string of the molecule is O=C(O)C=CC(=O)O.c1c(OCCN2CC[C@H]3CCCC[C@@H]3C2)nn2c1CCCC2. The van der Waals surface area contributed by atoms with E-state index in [1.807, 2.05) is 0 Å². The summed E-state index contributed by atoms with van der Waals surface area (Å²) >= 11 is 0. The van der Waals surface area contributed by atoms with Crippen LogP contribution in [0.3, 0.4) is 0 Å². The van der Waals surface area contributed by atoms with Crippen LogP contribution in [0.2, 0.25) is 0 Å².